The minimum atomic E-state index is -0.765. The number of phenolic OH excluding ortho intramolecular Hbond substituents is 1. The fraction of sp³-hybridized carbons (Fsp3) is 0.486. The van der Waals surface area contributed by atoms with Gasteiger partial charge in [-0.25, -0.2) is 14.2 Å². The van der Waals surface area contributed by atoms with Crippen LogP contribution in [0.1, 0.15) is 103 Å². The van der Waals surface area contributed by atoms with Crippen LogP contribution in [0.3, 0.4) is 0 Å². The van der Waals surface area contributed by atoms with Crippen molar-refractivity contribution in [2.45, 2.75) is 104 Å². The highest BCUT2D eigenvalue weighted by Crippen LogP contribution is 2.41. The Morgan fingerprint density at radius 2 is 1.61 bits per heavy atom. The highest BCUT2D eigenvalue weighted by molar-refractivity contribution is 14.1. The molecule has 2 aromatic carbocycles. The molecule has 1 unspecified atom stereocenters. The van der Waals surface area contributed by atoms with Crippen molar-refractivity contribution in [1.29, 1.82) is 0 Å². The predicted octanol–water partition coefficient (Wildman–Crippen LogP) is 7.13. The molecule has 1 aromatic heterocycles. The van der Waals surface area contributed by atoms with E-state index in [9.17, 15) is 19.5 Å². The lowest BCUT2D eigenvalue weighted by Gasteiger charge is -2.30. The van der Waals surface area contributed by atoms with E-state index < -0.39 is 17.9 Å². The van der Waals surface area contributed by atoms with Gasteiger partial charge in [0.05, 0.1) is 33.3 Å². The third-order valence-corrected chi connectivity index (χ3v) is 9.31. The molecule has 1 aliphatic rings. The zero-order valence-electron chi connectivity index (χ0n) is 28.8. The van der Waals surface area contributed by atoms with Gasteiger partial charge in [-0.1, -0.05) is 56.7 Å². The summed E-state index contributed by atoms with van der Waals surface area (Å²) in [6.07, 6.45) is 8.84. The van der Waals surface area contributed by atoms with Crippen LogP contribution in [-0.2, 0) is 30.3 Å². The topological polar surface area (TPSA) is 153 Å². The summed E-state index contributed by atoms with van der Waals surface area (Å²) in [6.45, 7) is 8.11. The number of phenols is 1. The number of nitrogens with one attached hydrogen (secondary N) is 2. The standard InChI is InChI=1S/C37H47IN4O7/c1-23(2)48-37(46)33-25(4)40-24(3)32(34(33)27-14-13-15-29-35(27)42-49-41-29)36(45)47-21-12-10-8-6-5-7-9-11-20-39-31(44)19-17-26-16-18-30(43)28(38)22-26/h13-16,18,22-23,34,40,43H,5-12,17,19-21H2,1-4H3,(H,39,44). The van der Waals surface area contributed by atoms with E-state index in [0.717, 1.165) is 60.5 Å². The van der Waals surface area contributed by atoms with Crippen LogP contribution in [0.2, 0.25) is 0 Å². The Bertz CT molecular complexity index is 1680. The van der Waals surface area contributed by atoms with E-state index in [1.54, 1.807) is 45.9 Å². The third-order valence-electron chi connectivity index (χ3n) is 8.45. The summed E-state index contributed by atoms with van der Waals surface area (Å²) in [6, 6.07) is 10.8. The van der Waals surface area contributed by atoms with E-state index in [1.165, 1.54) is 0 Å². The molecule has 264 valence electrons. The highest BCUT2D eigenvalue weighted by atomic mass is 127. The molecule has 0 saturated heterocycles. The first-order chi connectivity index (χ1) is 23.6. The van der Waals surface area contributed by atoms with Crippen LogP contribution in [0, 0.1) is 3.57 Å². The van der Waals surface area contributed by atoms with Crippen molar-refractivity contribution in [2.24, 2.45) is 0 Å². The first-order valence-electron chi connectivity index (χ1n) is 17.1. The fourth-order valence-corrected chi connectivity index (χ4v) is 6.57. The molecular weight excluding hydrogens is 739 g/mol. The van der Waals surface area contributed by atoms with Crippen molar-refractivity contribution in [1.82, 2.24) is 20.9 Å². The van der Waals surface area contributed by atoms with Crippen LogP contribution in [0.25, 0.3) is 11.0 Å². The van der Waals surface area contributed by atoms with Gasteiger partial charge >= 0.3 is 11.9 Å². The summed E-state index contributed by atoms with van der Waals surface area (Å²) in [5.74, 6) is -1.46. The number of aryl methyl sites for hydroxylation is 1. The molecule has 0 radical (unpaired) electrons. The smallest absolute Gasteiger partial charge is 0.337 e. The number of hydrogen-bond acceptors (Lipinski definition) is 10. The second-order valence-electron chi connectivity index (χ2n) is 12.7. The Balaban J connectivity index is 1.16. The lowest BCUT2D eigenvalue weighted by Crippen LogP contribution is -2.33. The van der Waals surface area contributed by atoms with Crippen LogP contribution in [-0.4, -0.2) is 52.5 Å². The summed E-state index contributed by atoms with van der Waals surface area (Å²) in [5, 5.41) is 23.8. The van der Waals surface area contributed by atoms with E-state index in [2.05, 4.69) is 43.5 Å². The number of nitrogens with zero attached hydrogens (tertiary/aromatic N) is 2. The molecule has 0 bridgehead atoms. The van der Waals surface area contributed by atoms with Crippen LogP contribution >= 0.6 is 22.6 Å². The van der Waals surface area contributed by atoms with Gasteiger partial charge in [-0.15, -0.1) is 0 Å². The second kappa shape index (κ2) is 18.7. The van der Waals surface area contributed by atoms with Crippen molar-refractivity contribution < 1.29 is 33.6 Å². The van der Waals surface area contributed by atoms with E-state index >= 15 is 0 Å². The summed E-state index contributed by atoms with van der Waals surface area (Å²) in [5.41, 5.74) is 4.51. The number of aromatic hydroxyl groups is 1. The fourth-order valence-electron chi connectivity index (χ4n) is 5.99. The number of benzene rings is 2. The quantitative estimate of drug-likeness (QED) is 0.0690. The van der Waals surface area contributed by atoms with Gasteiger partial charge in [0, 0.05) is 24.4 Å². The molecule has 49 heavy (non-hydrogen) atoms. The normalized spacial score (nSPS) is 14.7. The van der Waals surface area contributed by atoms with Crippen molar-refractivity contribution in [2.75, 3.05) is 13.2 Å². The van der Waals surface area contributed by atoms with E-state index in [0.29, 0.717) is 58.5 Å². The number of dihydropyridines is 1. The van der Waals surface area contributed by atoms with Crippen molar-refractivity contribution in [3.05, 3.63) is 73.6 Å². The Kier molecular flexibility index (Phi) is 14.5. The Morgan fingerprint density at radius 1 is 0.939 bits per heavy atom. The maximum atomic E-state index is 13.6. The molecule has 1 aliphatic heterocycles. The van der Waals surface area contributed by atoms with Gasteiger partial charge in [-0.05, 0) is 109 Å². The van der Waals surface area contributed by atoms with Crippen LogP contribution in [0.5, 0.6) is 5.75 Å². The molecular formula is C37H47IN4O7. The van der Waals surface area contributed by atoms with Crippen molar-refractivity contribution in [3.63, 3.8) is 0 Å². The number of amides is 1. The minimum absolute atomic E-state index is 0.0517. The van der Waals surface area contributed by atoms with Crippen molar-refractivity contribution >= 4 is 51.5 Å². The molecule has 3 aromatic rings. The zero-order chi connectivity index (χ0) is 35.3. The second-order valence-corrected chi connectivity index (χ2v) is 13.8. The monoisotopic (exact) mass is 786 g/mol. The van der Waals surface area contributed by atoms with Gasteiger partial charge in [0.25, 0.3) is 0 Å². The van der Waals surface area contributed by atoms with Gasteiger partial charge < -0.3 is 25.2 Å². The molecule has 0 fully saturated rings. The van der Waals surface area contributed by atoms with Gasteiger partial charge in [0.2, 0.25) is 5.91 Å². The van der Waals surface area contributed by atoms with Crippen molar-refractivity contribution in [3.8, 4) is 5.75 Å². The largest absolute Gasteiger partial charge is 0.507 e. The van der Waals surface area contributed by atoms with Gasteiger partial charge in [0.15, 0.2) is 0 Å². The molecule has 12 heteroatoms. The maximum absolute atomic E-state index is 13.6. The number of fused-ring (bicyclic) bond motifs is 1. The lowest BCUT2D eigenvalue weighted by molar-refractivity contribution is -0.143. The molecule has 0 saturated carbocycles. The number of esters is 2. The van der Waals surface area contributed by atoms with E-state index in [4.69, 9.17) is 14.1 Å². The summed E-state index contributed by atoms with van der Waals surface area (Å²) >= 11 is 2.09. The molecule has 2 heterocycles. The van der Waals surface area contributed by atoms with Gasteiger partial charge in [-0.2, -0.15) is 0 Å². The summed E-state index contributed by atoms with van der Waals surface area (Å²) in [4.78, 5) is 39.1. The molecule has 11 nitrogen and oxygen atoms in total. The number of carbonyl (C=O) groups is 3. The van der Waals surface area contributed by atoms with Crippen LogP contribution < -0.4 is 10.6 Å². The van der Waals surface area contributed by atoms with Crippen LogP contribution in [0.15, 0.2) is 63.6 Å². The third kappa shape index (κ3) is 10.8. The number of ether oxygens (including phenoxy) is 2. The van der Waals surface area contributed by atoms with Gasteiger partial charge in [-0.3, -0.25) is 4.79 Å². The predicted molar refractivity (Wildman–Crippen MR) is 194 cm³/mol. The molecule has 0 aliphatic carbocycles. The Hall–Kier alpha value is -3.94. The average Bonchev–Trinajstić information content (AvgIpc) is 3.54. The molecule has 0 spiro atoms. The SMILES string of the molecule is CC1=C(C(=O)OCCCCCCCCCCNC(=O)CCc2ccc(O)c(I)c2)C(c2cccc3nonc23)C(C(=O)OC(C)C)=C(C)N1. The molecule has 1 amide bonds. The summed E-state index contributed by atoms with van der Waals surface area (Å²) < 4.78 is 17.1. The number of halogens is 1. The number of allylic oxidation sites excluding steroid dienone is 2. The number of unbranched alkanes of at least 4 members (excludes halogenated alkanes) is 7. The average molecular weight is 787 g/mol. The minimum Gasteiger partial charge on any atom is -0.507 e. The lowest BCUT2D eigenvalue weighted by atomic mass is 9.80. The first kappa shape index (κ1) is 37.9. The number of carbonyl (C=O) groups excluding carboxylic acids is 3. The molecule has 4 rings (SSSR count). The number of aromatic nitrogens is 2. The molecule has 1 atom stereocenters. The number of rotatable bonds is 18. The molecule has 3 N–H and O–H groups in total. The first-order valence-corrected chi connectivity index (χ1v) is 18.2. The van der Waals surface area contributed by atoms with E-state index in [1.807, 2.05) is 18.2 Å². The van der Waals surface area contributed by atoms with Crippen LogP contribution in [0.4, 0.5) is 0 Å². The highest BCUT2D eigenvalue weighted by Gasteiger charge is 2.39. The Morgan fingerprint density at radius 3 is 2.31 bits per heavy atom. The summed E-state index contributed by atoms with van der Waals surface area (Å²) in [7, 11) is 0. The Labute approximate surface area is 301 Å². The zero-order valence-corrected chi connectivity index (χ0v) is 30.9. The number of hydrogen-bond donors (Lipinski definition) is 3. The van der Waals surface area contributed by atoms with E-state index in [-0.39, 0.29) is 24.4 Å². The van der Waals surface area contributed by atoms with Gasteiger partial charge in [0.1, 0.15) is 16.8 Å². The maximum Gasteiger partial charge on any atom is 0.337 e.